The molecule has 2 aromatic heterocycles. The third kappa shape index (κ3) is 2.23. The van der Waals surface area contributed by atoms with E-state index in [0.29, 0.717) is 9.90 Å². The van der Waals surface area contributed by atoms with Gasteiger partial charge < -0.3 is 5.11 Å². The van der Waals surface area contributed by atoms with Crippen LogP contribution in [0.4, 0.5) is 0 Å². The van der Waals surface area contributed by atoms with Crippen molar-refractivity contribution in [3.63, 3.8) is 0 Å². The maximum atomic E-state index is 10.5. The van der Waals surface area contributed by atoms with Crippen LogP contribution in [0.2, 0.25) is 0 Å². The van der Waals surface area contributed by atoms with E-state index in [1.807, 2.05) is 6.92 Å². The Morgan fingerprint density at radius 3 is 3.06 bits per heavy atom. The lowest BCUT2D eigenvalue weighted by atomic mass is 10.2. The average molecular weight is 265 g/mol. The van der Waals surface area contributed by atoms with E-state index in [-0.39, 0.29) is 5.75 Å². The van der Waals surface area contributed by atoms with E-state index in [4.69, 9.17) is 10.4 Å². The summed E-state index contributed by atoms with van der Waals surface area (Å²) in [6, 6.07) is 2.10. The number of aliphatic carboxylic acids is 1. The second kappa shape index (κ2) is 4.69. The molecule has 86 valence electrons. The van der Waals surface area contributed by atoms with Crippen LogP contribution < -0.4 is 0 Å². The summed E-state index contributed by atoms with van der Waals surface area (Å²) in [6.07, 6.45) is 1.40. The average Bonchev–Trinajstić information content (AvgIpc) is 2.64. The first-order chi connectivity index (χ1) is 8.13. The number of thioether (sulfide) groups is 1. The first-order valence-electron chi connectivity index (χ1n) is 4.62. The van der Waals surface area contributed by atoms with Crippen LogP contribution >= 0.6 is 23.1 Å². The summed E-state index contributed by atoms with van der Waals surface area (Å²) in [5, 5.41) is 18.2. The topological polar surface area (TPSA) is 86.9 Å². The third-order valence-electron chi connectivity index (χ3n) is 2.10. The van der Waals surface area contributed by atoms with Gasteiger partial charge in [-0.1, -0.05) is 11.8 Å². The van der Waals surface area contributed by atoms with Gasteiger partial charge in [0.15, 0.2) is 0 Å². The van der Waals surface area contributed by atoms with Gasteiger partial charge in [-0.2, -0.15) is 5.26 Å². The molecular formula is C10H7N3O2S2. The molecule has 0 amide bonds. The number of carbonyl (C=O) groups is 1. The van der Waals surface area contributed by atoms with Crippen LogP contribution in [-0.4, -0.2) is 26.8 Å². The Morgan fingerprint density at radius 2 is 2.41 bits per heavy atom. The van der Waals surface area contributed by atoms with Crippen LogP contribution in [0.15, 0.2) is 11.4 Å². The lowest BCUT2D eigenvalue weighted by molar-refractivity contribution is -0.133. The highest BCUT2D eigenvalue weighted by atomic mass is 32.2. The number of hydrogen-bond acceptors (Lipinski definition) is 6. The summed E-state index contributed by atoms with van der Waals surface area (Å²) in [5.74, 6) is -0.944. The van der Waals surface area contributed by atoms with E-state index in [1.54, 1.807) is 0 Å². The number of carboxylic acid groups (broad SMARTS) is 1. The molecular weight excluding hydrogens is 258 g/mol. The number of aryl methyl sites for hydroxylation is 1. The van der Waals surface area contributed by atoms with Crippen LogP contribution in [0.1, 0.15) is 10.4 Å². The van der Waals surface area contributed by atoms with E-state index in [1.165, 1.54) is 17.7 Å². The van der Waals surface area contributed by atoms with Crippen molar-refractivity contribution in [2.75, 3.05) is 5.75 Å². The van der Waals surface area contributed by atoms with E-state index in [0.717, 1.165) is 27.5 Å². The molecule has 0 aliphatic rings. The van der Waals surface area contributed by atoms with Crippen molar-refractivity contribution >= 4 is 39.3 Å². The molecule has 0 spiro atoms. The first-order valence-corrected chi connectivity index (χ1v) is 6.42. The minimum absolute atomic E-state index is 0.0506. The Hall–Kier alpha value is -1.65. The zero-order valence-corrected chi connectivity index (χ0v) is 10.4. The predicted molar refractivity (Wildman–Crippen MR) is 65.2 cm³/mol. The van der Waals surface area contributed by atoms with Gasteiger partial charge in [-0.05, 0) is 6.92 Å². The molecule has 7 heteroatoms. The van der Waals surface area contributed by atoms with Crippen molar-refractivity contribution < 1.29 is 9.90 Å². The van der Waals surface area contributed by atoms with Crippen molar-refractivity contribution in [1.29, 1.82) is 5.26 Å². The SMILES string of the molecule is Cc1c(C#N)sc2c(SCC(=O)O)ncnc12. The second-order valence-corrected chi connectivity index (χ2v) is 5.19. The van der Waals surface area contributed by atoms with E-state index < -0.39 is 5.97 Å². The van der Waals surface area contributed by atoms with Gasteiger partial charge >= 0.3 is 5.97 Å². The summed E-state index contributed by atoms with van der Waals surface area (Å²) in [7, 11) is 0. The van der Waals surface area contributed by atoms with E-state index in [2.05, 4.69) is 16.0 Å². The maximum Gasteiger partial charge on any atom is 0.313 e. The molecule has 0 fully saturated rings. The van der Waals surface area contributed by atoms with Gasteiger partial charge in [-0.3, -0.25) is 4.79 Å². The minimum atomic E-state index is -0.893. The molecule has 0 saturated heterocycles. The Morgan fingerprint density at radius 1 is 1.65 bits per heavy atom. The van der Waals surface area contributed by atoms with Crippen molar-refractivity contribution in [3.8, 4) is 6.07 Å². The highest BCUT2D eigenvalue weighted by Crippen LogP contribution is 2.34. The van der Waals surface area contributed by atoms with Crippen LogP contribution in [-0.2, 0) is 4.79 Å². The monoisotopic (exact) mass is 265 g/mol. The molecule has 2 rings (SSSR count). The molecule has 0 aliphatic carbocycles. The van der Waals surface area contributed by atoms with Gasteiger partial charge in [0, 0.05) is 5.56 Å². The number of hydrogen-bond donors (Lipinski definition) is 1. The fraction of sp³-hybridized carbons (Fsp3) is 0.200. The predicted octanol–water partition coefficient (Wildman–Crippen LogP) is 2.05. The summed E-state index contributed by atoms with van der Waals surface area (Å²) < 4.78 is 0.785. The minimum Gasteiger partial charge on any atom is -0.481 e. The molecule has 0 aliphatic heterocycles. The molecule has 2 heterocycles. The van der Waals surface area contributed by atoms with Crippen molar-refractivity contribution in [2.24, 2.45) is 0 Å². The smallest absolute Gasteiger partial charge is 0.313 e. The number of rotatable bonds is 3. The number of thiophene rings is 1. The lowest BCUT2D eigenvalue weighted by Crippen LogP contribution is -1.98. The van der Waals surface area contributed by atoms with Crippen LogP contribution in [0.5, 0.6) is 0 Å². The molecule has 5 nitrogen and oxygen atoms in total. The highest BCUT2D eigenvalue weighted by Gasteiger charge is 2.14. The normalized spacial score (nSPS) is 10.4. The summed E-state index contributed by atoms with van der Waals surface area (Å²) in [4.78, 5) is 19.3. The standard InChI is InChI=1S/C10H7N3O2S2/c1-5-6(2-11)17-9-8(5)12-4-13-10(9)16-3-7(14)15/h4H,3H2,1H3,(H,14,15). The van der Waals surface area contributed by atoms with E-state index in [9.17, 15) is 4.79 Å². The van der Waals surface area contributed by atoms with Crippen molar-refractivity contribution in [1.82, 2.24) is 9.97 Å². The molecule has 0 saturated carbocycles. The molecule has 2 aromatic rings. The fourth-order valence-corrected chi connectivity index (χ4v) is 3.20. The fourth-order valence-electron chi connectivity index (χ4n) is 1.34. The Bertz CT molecular complexity index is 630. The number of nitriles is 1. The largest absolute Gasteiger partial charge is 0.481 e. The van der Waals surface area contributed by atoms with Gasteiger partial charge in [0.05, 0.1) is 16.0 Å². The van der Waals surface area contributed by atoms with E-state index >= 15 is 0 Å². The number of fused-ring (bicyclic) bond motifs is 1. The second-order valence-electron chi connectivity index (χ2n) is 3.21. The Balaban J connectivity index is 2.51. The Labute approximate surface area is 105 Å². The van der Waals surface area contributed by atoms with Gasteiger partial charge in [0.2, 0.25) is 0 Å². The van der Waals surface area contributed by atoms with Crippen molar-refractivity contribution in [3.05, 3.63) is 16.8 Å². The zero-order valence-electron chi connectivity index (χ0n) is 8.80. The Kier molecular flexibility index (Phi) is 3.26. The van der Waals surface area contributed by atoms with Gasteiger partial charge in [0.1, 0.15) is 22.3 Å². The molecule has 0 atom stereocenters. The highest BCUT2D eigenvalue weighted by molar-refractivity contribution is 8.00. The molecule has 0 bridgehead atoms. The van der Waals surface area contributed by atoms with Crippen LogP contribution in [0.3, 0.4) is 0 Å². The quantitative estimate of drug-likeness (QED) is 0.675. The summed E-state index contributed by atoms with van der Waals surface area (Å²) in [5.41, 5.74) is 1.56. The van der Waals surface area contributed by atoms with Crippen LogP contribution in [0.25, 0.3) is 10.2 Å². The molecule has 0 aromatic carbocycles. The first kappa shape index (κ1) is 11.8. The summed E-state index contributed by atoms with van der Waals surface area (Å²) >= 11 is 2.44. The number of carboxylic acids is 1. The number of aromatic nitrogens is 2. The number of nitrogens with zero attached hydrogens (tertiary/aromatic N) is 3. The third-order valence-corrected chi connectivity index (χ3v) is 4.40. The maximum absolute atomic E-state index is 10.5. The summed E-state index contributed by atoms with van der Waals surface area (Å²) in [6.45, 7) is 1.83. The van der Waals surface area contributed by atoms with Crippen molar-refractivity contribution in [2.45, 2.75) is 11.9 Å². The molecule has 1 N–H and O–H groups in total. The lowest BCUT2D eigenvalue weighted by Gasteiger charge is -1.98. The zero-order chi connectivity index (χ0) is 12.4. The molecule has 17 heavy (non-hydrogen) atoms. The van der Waals surface area contributed by atoms with Gasteiger partial charge in [0.25, 0.3) is 0 Å². The van der Waals surface area contributed by atoms with Crippen LogP contribution in [0, 0.1) is 18.3 Å². The molecule has 0 unspecified atom stereocenters. The van der Waals surface area contributed by atoms with Gasteiger partial charge in [-0.15, -0.1) is 11.3 Å². The van der Waals surface area contributed by atoms with Gasteiger partial charge in [-0.25, -0.2) is 9.97 Å². The molecule has 0 radical (unpaired) electrons.